The number of aromatic nitrogens is 2. The number of rotatable bonds is 6. The fraction of sp³-hybridized carbons (Fsp3) is 0.121. The lowest BCUT2D eigenvalue weighted by Crippen LogP contribution is -2.26. The molecular weight excluding hydrogens is 600 g/mol. The summed E-state index contributed by atoms with van der Waals surface area (Å²) in [5.41, 5.74) is 9.12. The lowest BCUT2D eigenvalue weighted by Gasteiger charge is -2.18. The first-order valence-corrected chi connectivity index (χ1v) is 14.3. The number of fused-ring (bicyclic) bond motifs is 1. The van der Waals surface area contributed by atoms with E-state index in [0.717, 1.165) is 44.0 Å². The van der Waals surface area contributed by atoms with Crippen LogP contribution in [0.1, 0.15) is 24.0 Å². The third-order valence-corrected chi connectivity index (χ3v) is 8.77. The Labute approximate surface area is 239 Å². The summed E-state index contributed by atoms with van der Waals surface area (Å²) in [6.45, 7) is 1.07. The molecule has 1 aliphatic carbocycles. The monoisotopic (exact) mass is 624 g/mol. The van der Waals surface area contributed by atoms with E-state index in [1.807, 2.05) is 57.7 Å². The lowest BCUT2D eigenvalue weighted by molar-refractivity contribution is 0.678. The zero-order valence-electron chi connectivity index (χ0n) is 20.8. The van der Waals surface area contributed by atoms with Crippen molar-refractivity contribution in [1.29, 1.82) is 0 Å². The van der Waals surface area contributed by atoms with Crippen molar-refractivity contribution in [3.8, 4) is 11.1 Å². The third-order valence-electron chi connectivity index (χ3n) is 7.24. The van der Waals surface area contributed by atoms with Gasteiger partial charge in [-0.05, 0) is 70.5 Å². The van der Waals surface area contributed by atoms with E-state index in [-0.39, 0.29) is 5.69 Å². The summed E-state index contributed by atoms with van der Waals surface area (Å²) in [6, 6.07) is 35.3. The maximum atomic E-state index is 13.8. The van der Waals surface area contributed by atoms with Gasteiger partial charge in [-0.25, -0.2) is 4.79 Å². The number of para-hydroxylation sites is 2. The van der Waals surface area contributed by atoms with E-state index in [1.165, 1.54) is 22.3 Å². The summed E-state index contributed by atoms with van der Waals surface area (Å²) in [6.07, 6.45) is 4.09. The van der Waals surface area contributed by atoms with Gasteiger partial charge in [0.2, 0.25) is 0 Å². The minimum absolute atomic E-state index is 0.0101. The van der Waals surface area contributed by atoms with E-state index in [4.69, 9.17) is 0 Å². The molecule has 0 saturated heterocycles. The fourth-order valence-corrected chi connectivity index (χ4v) is 6.30. The SMILES string of the molecule is O=c1n(CC2=C(Br)C=C(c3ccccc3)CC2)c2ccccc2n1Cc1ccc(-c2ccccc2)cc1Br. The van der Waals surface area contributed by atoms with Gasteiger partial charge in [0, 0.05) is 8.96 Å². The number of nitrogens with zero attached hydrogens (tertiary/aromatic N) is 2. The molecule has 0 unspecified atom stereocenters. The van der Waals surface area contributed by atoms with Gasteiger partial charge >= 0.3 is 5.69 Å². The number of benzene rings is 4. The number of imidazole rings is 1. The molecule has 3 nitrogen and oxygen atoms in total. The van der Waals surface area contributed by atoms with Gasteiger partial charge in [0.15, 0.2) is 0 Å². The van der Waals surface area contributed by atoms with Crippen LogP contribution in [0.2, 0.25) is 0 Å². The van der Waals surface area contributed by atoms with Gasteiger partial charge in [-0.1, -0.05) is 117 Å². The first-order chi connectivity index (χ1) is 18.6. The van der Waals surface area contributed by atoms with Gasteiger partial charge in [-0.15, -0.1) is 0 Å². The lowest BCUT2D eigenvalue weighted by atomic mass is 9.93. The molecule has 0 atom stereocenters. The maximum Gasteiger partial charge on any atom is 0.329 e. The van der Waals surface area contributed by atoms with Crippen molar-refractivity contribution in [3.05, 3.63) is 145 Å². The highest BCUT2D eigenvalue weighted by Gasteiger charge is 2.19. The average Bonchev–Trinajstić information content (AvgIpc) is 3.22. The molecule has 0 fully saturated rings. The summed E-state index contributed by atoms with van der Waals surface area (Å²) in [7, 11) is 0. The number of allylic oxidation sites excluding steroid dienone is 4. The zero-order valence-corrected chi connectivity index (χ0v) is 24.0. The van der Waals surface area contributed by atoms with E-state index < -0.39 is 0 Å². The highest BCUT2D eigenvalue weighted by atomic mass is 79.9. The van der Waals surface area contributed by atoms with Crippen molar-refractivity contribution in [2.24, 2.45) is 0 Å². The van der Waals surface area contributed by atoms with Crippen molar-refractivity contribution in [2.75, 3.05) is 0 Å². The summed E-state index contributed by atoms with van der Waals surface area (Å²) in [5, 5.41) is 0. The number of hydrogen-bond donors (Lipinski definition) is 0. The van der Waals surface area contributed by atoms with Crippen LogP contribution in [0.15, 0.2) is 129 Å². The van der Waals surface area contributed by atoms with Crippen LogP contribution in [0, 0.1) is 0 Å². The van der Waals surface area contributed by atoms with Crippen LogP contribution in [0.25, 0.3) is 27.7 Å². The van der Waals surface area contributed by atoms with Gasteiger partial charge < -0.3 is 0 Å². The molecule has 4 aromatic carbocycles. The quantitative estimate of drug-likeness (QED) is 0.185. The smallest absolute Gasteiger partial charge is 0.288 e. The Morgan fingerprint density at radius 1 is 0.632 bits per heavy atom. The predicted molar refractivity (Wildman–Crippen MR) is 164 cm³/mol. The molecule has 0 radical (unpaired) electrons. The van der Waals surface area contributed by atoms with E-state index in [2.05, 4.69) is 92.5 Å². The molecule has 0 saturated carbocycles. The second kappa shape index (κ2) is 10.8. The van der Waals surface area contributed by atoms with Gasteiger partial charge in [-0.2, -0.15) is 0 Å². The largest absolute Gasteiger partial charge is 0.329 e. The Morgan fingerprint density at radius 2 is 1.24 bits per heavy atom. The molecule has 5 aromatic rings. The van der Waals surface area contributed by atoms with E-state index in [0.29, 0.717) is 13.1 Å². The topological polar surface area (TPSA) is 26.9 Å². The summed E-state index contributed by atoms with van der Waals surface area (Å²) in [4.78, 5) is 13.8. The van der Waals surface area contributed by atoms with Crippen LogP contribution < -0.4 is 5.69 Å². The summed E-state index contributed by atoms with van der Waals surface area (Å²) in [5.74, 6) is 0. The summed E-state index contributed by atoms with van der Waals surface area (Å²) < 4.78 is 5.88. The van der Waals surface area contributed by atoms with Gasteiger partial charge in [-0.3, -0.25) is 9.13 Å². The normalized spacial score (nSPS) is 13.7. The molecule has 1 aromatic heterocycles. The molecule has 1 heterocycles. The van der Waals surface area contributed by atoms with Crippen molar-refractivity contribution in [3.63, 3.8) is 0 Å². The zero-order chi connectivity index (χ0) is 26.1. The second-order valence-corrected chi connectivity index (χ2v) is 11.3. The van der Waals surface area contributed by atoms with E-state index in [1.54, 1.807) is 0 Å². The number of halogens is 2. The van der Waals surface area contributed by atoms with Crippen LogP contribution in [0.4, 0.5) is 0 Å². The van der Waals surface area contributed by atoms with Crippen LogP contribution in [-0.2, 0) is 13.1 Å². The van der Waals surface area contributed by atoms with E-state index in [9.17, 15) is 4.79 Å². The van der Waals surface area contributed by atoms with Crippen LogP contribution >= 0.6 is 31.9 Å². The van der Waals surface area contributed by atoms with Gasteiger partial charge in [0.05, 0.1) is 24.1 Å². The molecule has 0 amide bonds. The van der Waals surface area contributed by atoms with Crippen molar-refractivity contribution in [2.45, 2.75) is 25.9 Å². The summed E-state index contributed by atoms with van der Waals surface area (Å²) >= 11 is 7.58. The van der Waals surface area contributed by atoms with Crippen molar-refractivity contribution < 1.29 is 0 Å². The highest BCUT2D eigenvalue weighted by Crippen LogP contribution is 2.34. The number of hydrogen-bond acceptors (Lipinski definition) is 1. The predicted octanol–water partition coefficient (Wildman–Crippen LogP) is 8.81. The minimum Gasteiger partial charge on any atom is -0.288 e. The molecule has 188 valence electrons. The Kier molecular flexibility index (Phi) is 7.05. The molecule has 38 heavy (non-hydrogen) atoms. The molecule has 0 aliphatic heterocycles. The second-order valence-electron chi connectivity index (χ2n) is 9.60. The third kappa shape index (κ3) is 4.89. The first kappa shape index (κ1) is 24.9. The van der Waals surface area contributed by atoms with Crippen LogP contribution in [-0.4, -0.2) is 9.13 Å². The molecule has 0 bridgehead atoms. The molecule has 1 aliphatic rings. The Hall–Kier alpha value is -3.41. The molecule has 0 spiro atoms. The van der Waals surface area contributed by atoms with Crippen LogP contribution in [0.5, 0.6) is 0 Å². The van der Waals surface area contributed by atoms with Crippen LogP contribution in [0.3, 0.4) is 0 Å². The maximum absolute atomic E-state index is 13.8. The van der Waals surface area contributed by atoms with E-state index >= 15 is 0 Å². The molecular formula is C33H26Br2N2O. The minimum atomic E-state index is 0.0101. The Bertz CT molecular complexity index is 1740. The Morgan fingerprint density at radius 3 is 1.87 bits per heavy atom. The van der Waals surface area contributed by atoms with Gasteiger partial charge in [0.25, 0.3) is 0 Å². The highest BCUT2D eigenvalue weighted by molar-refractivity contribution is 9.12. The Balaban J connectivity index is 1.34. The fourth-order valence-electron chi connectivity index (χ4n) is 5.19. The first-order valence-electron chi connectivity index (χ1n) is 12.7. The van der Waals surface area contributed by atoms with Gasteiger partial charge in [0.1, 0.15) is 0 Å². The standard InChI is InChI=1S/C33H26Br2N2O/c34-29-19-25(23-9-3-1-4-10-23)15-17-27(29)21-36-31-13-7-8-14-32(31)37(33(36)38)22-28-18-16-26(20-30(28)35)24-11-5-2-6-12-24/h1-15,17,19-20H,16,18,21-22H2. The molecule has 0 N–H and O–H groups in total. The molecule has 6 rings (SSSR count). The average molecular weight is 626 g/mol. The molecule has 5 heteroatoms. The van der Waals surface area contributed by atoms with Crippen molar-refractivity contribution in [1.82, 2.24) is 9.13 Å². The van der Waals surface area contributed by atoms with Crippen molar-refractivity contribution >= 4 is 48.5 Å².